The zero-order chi connectivity index (χ0) is 14.9. The molecule has 1 nitrogen and oxygen atoms in total. The third-order valence-corrected chi connectivity index (χ3v) is 5.79. The lowest BCUT2D eigenvalue weighted by atomic mass is 9.92. The molecule has 0 heterocycles. The Bertz CT molecular complexity index is 378. The second-order valence-corrected chi connectivity index (χ2v) is 7.49. The van der Waals surface area contributed by atoms with Crippen molar-refractivity contribution in [3.63, 3.8) is 0 Å². The maximum absolute atomic E-state index is 3.98. The second kappa shape index (κ2) is 9.53. The fourth-order valence-corrected chi connectivity index (χ4v) is 4.25. The van der Waals surface area contributed by atoms with Crippen LogP contribution in [0.4, 0.5) is 0 Å². The predicted molar refractivity (Wildman–Crippen MR) is 96.0 cm³/mol. The molecule has 118 valence electrons. The van der Waals surface area contributed by atoms with Gasteiger partial charge in [0.1, 0.15) is 0 Å². The fourth-order valence-electron chi connectivity index (χ4n) is 3.42. The summed E-state index contributed by atoms with van der Waals surface area (Å²) < 4.78 is 0. The molecular weight excluding hydrogens is 274 g/mol. The Kier molecular flexibility index (Phi) is 7.66. The van der Waals surface area contributed by atoms with Gasteiger partial charge in [-0.1, -0.05) is 62.9 Å². The fraction of sp³-hybridized carbons (Fsp3) is 0.684. The molecule has 3 unspecified atom stereocenters. The number of hydrogen-bond acceptors (Lipinski definition) is 2. The minimum absolute atomic E-state index is 0.545. The summed E-state index contributed by atoms with van der Waals surface area (Å²) in [4.78, 5) is 0. The predicted octanol–water partition coefficient (Wildman–Crippen LogP) is 5.57. The number of unbranched alkanes of at least 4 members (excludes halogenated alkanes) is 2. The van der Waals surface area contributed by atoms with Crippen molar-refractivity contribution in [3.8, 4) is 0 Å². The summed E-state index contributed by atoms with van der Waals surface area (Å²) in [5.74, 6) is 0. The van der Waals surface area contributed by atoms with E-state index in [1.165, 1.54) is 56.9 Å². The van der Waals surface area contributed by atoms with Gasteiger partial charge in [0.25, 0.3) is 0 Å². The number of benzene rings is 1. The number of thioether (sulfide) groups is 1. The Morgan fingerprint density at radius 1 is 1.19 bits per heavy atom. The monoisotopic (exact) mass is 305 g/mol. The van der Waals surface area contributed by atoms with Gasteiger partial charge in [-0.3, -0.25) is 0 Å². The highest BCUT2D eigenvalue weighted by atomic mass is 32.2. The largest absolute Gasteiger partial charge is 0.307 e. The Hall–Kier alpha value is -0.470. The second-order valence-electron chi connectivity index (χ2n) is 6.35. The van der Waals surface area contributed by atoms with Gasteiger partial charge in [-0.05, 0) is 37.5 Å². The molecule has 1 saturated carbocycles. The topological polar surface area (TPSA) is 12.0 Å². The van der Waals surface area contributed by atoms with E-state index in [1.54, 1.807) is 0 Å². The SMILES string of the molecule is CCCCCC(NC1CCCC(SC)C1)c1ccccc1. The molecule has 1 fully saturated rings. The van der Waals surface area contributed by atoms with Gasteiger partial charge < -0.3 is 5.32 Å². The molecule has 2 heteroatoms. The van der Waals surface area contributed by atoms with Crippen molar-refractivity contribution in [1.29, 1.82) is 0 Å². The van der Waals surface area contributed by atoms with Crippen molar-refractivity contribution in [3.05, 3.63) is 35.9 Å². The molecule has 0 radical (unpaired) electrons. The van der Waals surface area contributed by atoms with E-state index in [9.17, 15) is 0 Å². The van der Waals surface area contributed by atoms with Gasteiger partial charge in [0.05, 0.1) is 0 Å². The number of nitrogens with one attached hydrogen (secondary N) is 1. The first-order valence-corrected chi connectivity index (χ1v) is 9.96. The zero-order valence-electron chi connectivity index (χ0n) is 13.7. The third kappa shape index (κ3) is 5.67. The van der Waals surface area contributed by atoms with E-state index in [-0.39, 0.29) is 0 Å². The van der Waals surface area contributed by atoms with Crippen molar-refractivity contribution < 1.29 is 0 Å². The Labute approximate surface area is 135 Å². The summed E-state index contributed by atoms with van der Waals surface area (Å²) in [6.45, 7) is 2.29. The Morgan fingerprint density at radius 3 is 2.71 bits per heavy atom. The Balaban J connectivity index is 1.94. The highest BCUT2D eigenvalue weighted by molar-refractivity contribution is 7.99. The van der Waals surface area contributed by atoms with Gasteiger partial charge in [-0.25, -0.2) is 0 Å². The van der Waals surface area contributed by atoms with Crippen LogP contribution in [0.5, 0.6) is 0 Å². The lowest BCUT2D eigenvalue weighted by Gasteiger charge is -2.32. The van der Waals surface area contributed by atoms with Gasteiger partial charge in [0.15, 0.2) is 0 Å². The van der Waals surface area contributed by atoms with Crippen LogP contribution in [-0.4, -0.2) is 17.5 Å². The van der Waals surface area contributed by atoms with Crippen LogP contribution in [-0.2, 0) is 0 Å². The molecule has 1 N–H and O–H groups in total. The molecule has 0 bridgehead atoms. The number of hydrogen-bond donors (Lipinski definition) is 1. The third-order valence-electron chi connectivity index (χ3n) is 4.69. The molecule has 0 aromatic heterocycles. The first-order chi connectivity index (χ1) is 10.3. The van der Waals surface area contributed by atoms with Crippen molar-refractivity contribution >= 4 is 11.8 Å². The summed E-state index contributed by atoms with van der Waals surface area (Å²) in [6, 6.07) is 12.3. The molecule has 21 heavy (non-hydrogen) atoms. The summed E-state index contributed by atoms with van der Waals surface area (Å²) in [5.41, 5.74) is 1.47. The molecule has 0 saturated heterocycles. The van der Waals surface area contributed by atoms with E-state index < -0.39 is 0 Å². The van der Waals surface area contributed by atoms with Crippen molar-refractivity contribution in [2.75, 3.05) is 6.26 Å². The molecule has 1 aliphatic carbocycles. The average Bonchev–Trinajstić information content (AvgIpc) is 2.55. The van der Waals surface area contributed by atoms with Crippen LogP contribution < -0.4 is 5.32 Å². The highest BCUT2D eigenvalue weighted by Gasteiger charge is 2.23. The van der Waals surface area contributed by atoms with Crippen molar-refractivity contribution in [2.45, 2.75) is 75.6 Å². The van der Waals surface area contributed by atoms with Crippen LogP contribution in [0.25, 0.3) is 0 Å². The maximum Gasteiger partial charge on any atom is 0.0322 e. The van der Waals surface area contributed by atoms with Crippen LogP contribution >= 0.6 is 11.8 Å². The van der Waals surface area contributed by atoms with Crippen LogP contribution in [0.2, 0.25) is 0 Å². The summed E-state index contributed by atoms with van der Waals surface area (Å²) in [6.07, 6.45) is 13.0. The molecule has 3 atom stereocenters. The summed E-state index contributed by atoms with van der Waals surface area (Å²) in [7, 11) is 0. The van der Waals surface area contributed by atoms with Crippen LogP contribution in [0.1, 0.15) is 69.9 Å². The lowest BCUT2D eigenvalue weighted by molar-refractivity contribution is 0.331. The minimum Gasteiger partial charge on any atom is -0.307 e. The van der Waals surface area contributed by atoms with Gasteiger partial charge in [-0.2, -0.15) is 11.8 Å². The molecular formula is C19H31NS. The van der Waals surface area contributed by atoms with Gasteiger partial charge in [0, 0.05) is 17.3 Å². The lowest BCUT2D eigenvalue weighted by Crippen LogP contribution is -2.37. The van der Waals surface area contributed by atoms with E-state index in [0.717, 1.165) is 5.25 Å². The molecule has 0 amide bonds. The molecule has 0 aliphatic heterocycles. The minimum atomic E-state index is 0.545. The first-order valence-electron chi connectivity index (χ1n) is 8.67. The standard InChI is InChI=1S/C19H31NS/c1-3-4-6-14-19(16-10-7-5-8-11-16)20-17-12-9-13-18(15-17)21-2/h5,7-8,10-11,17-20H,3-4,6,9,12-15H2,1-2H3. The number of rotatable bonds is 8. The molecule has 0 spiro atoms. The van der Waals surface area contributed by atoms with Crippen molar-refractivity contribution in [1.82, 2.24) is 5.32 Å². The van der Waals surface area contributed by atoms with E-state index in [2.05, 4.69) is 60.6 Å². The van der Waals surface area contributed by atoms with Gasteiger partial charge in [-0.15, -0.1) is 0 Å². The Morgan fingerprint density at radius 2 is 2.00 bits per heavy atom. The van der Waals surface area contributed by atoms with E-state index in [1.807, 2.05) is 0 Å². The van der Waals surface area contributed by atoms with Gasteiger partial charge in [0.2, 0.25) is 0 Å². The molecule has 1 aromatic carbocycles. The summed E-state index contributed by atoms with van der Waals surface area (Å²) in [5, 5.41) is 4.85. The average molecular weight is 306 g/mol. The highest BCUT2D eigenvalue weighted by Crippen LogP contribution is 2.29. The maximum atomic E-state index is 3.98. The summed E-state index contributed by atoms with van der Waals surface area (Å²) >= 11 is 2.05. The van der Waals surface area contributed by atoms with E-state index >= 15 is 0 Å². The first kappa shape index (κ1) is 16.9. The van der Waals surface area contributed by atoms with Crippen LogP contribution in [0, 0.1) is 0 Å². The van der Waals surface area contributed by atoms with E-state index in [4.69, 9.17) is 0 Å². The molecule has 1 aromatic rings. The van der Waals surface area contributed by atoms with Crippen LogP contribution in [0.15, 0.2) is 30.3 Å². The van der Waals surface area contributed by atoms with Crippen LogP contribution in [0.3, 0.4) is 0 Å². The van der Waals surface area contributed by atoms with Gasteiger partial charge >= 0.3 is 0 Å². The smallest absolute Gasteiger partial charge is 0.0322 e. The van der Waals surface area contributed by atoms with Crippen molar-refractivity contribution in [2.24, 2.45) is 0 Å². The quantitative estimate of drug-likeness (QED) is 0.630. The van der Waals surface area contributed by atoms with E-state index in [0.29, 0.717) is 12.1 Å². The molecule has 1 aliphatic rings. The molecule has 2 rings (SSSR count). The normalized spacial score (nSPS) is 23.9. The zero-order valence-corrected chi connectivity index (χ0v) is 14.5.